The van der Waals surface area contributed by atoms with Gasteiger partial charge >= 0.3 is 0 Å². The van der Waals surface area contributed by atoms with Gasteiger partial charge in [0.15, 0.2) is 5.78 Å². The van der Waals surface area contributed by atoms with Crippen molar-refractivity contribution in [3.05, 3.63) is 24.3 Å². The van der Waals surface area contributed by atoms with Crippen molar-refractivity contribution < 1.29 is 4.79 Å². The smallest absolute Gasteiger partial charge is 0.155 e. The Morgan fingerprint density at radius 1 is 1.73 bits per heavy atom. The molecule has 0 aromatic carbocycles. The predicted octanol–water partition coefficient (Wildman–Crippen LogP) is 2.49. The Morgan fingerprint density at radius 2 is 2.45 bits per heavy atom. The molecule has 0 saturated heterocycles. The van der Waals surface area contributed by atoms with Gasteiger partial charge in [0.05, 0.1) is 0 Å². The lowest BCUT2D eigenvalue weighted by Crippen LogP contribution is -2.00. The van der Waals surface area contributed by atoms with Crippen LogP contribution in [0.4, 0.5) is 0 Å². The minimum atomic E-state index is 0.258. The quantitative estimate of drug-likeness (QED) is 0.525. The highest BCUT2D eigenvalue weighted by Gasteiger charge is 2.12. The summed E-state index contributed by atoms with van der Waals surface area (Å²) in [6, 6.07) is 0. The Bertz CT molecular complexity index is 201. The van der Waals surface area contributed by atoms with E-state index in [0.29, 0.717) is 12.3 Å². The van der Waals surface area contributed by atoms with Crippen LogP contribution in [0.2, 0.25) is 0 Å². The molecule has 0 saturated carbocycles. The molecule has 0 fully saturated rings. The molecule has 0 aliphatic heterocycles. The molecule has 0 bridgehead atoms. The number of hydrogen-bond donors (Lipinski definition) is 0. The van der Waals surface area contributed by atoms with Crippen LogP contribution >= 0.6 is 0 Å². The van der Waals surface area contributed by atoms with Crippen LogP contribution in [0.3, 0.4) is 0 Å². The zero-order valence-corrected chi connectivity index (χ0v) is 6.97. The van der Waals surface area contributed by atoms with Gasteiger partial charge in [0, 0.05) is 6.42 Å². The van der Waals surface area contributed by atoms with Crippen LogP contribution in [0, 0.1) is 5.92 Å². The van der Waals surface area contributed by atoms with Crippen LogP contribution < -0.4 is 0 Å². The van der Waals surface area contributed by atoms with Crippen molar-refractivity contribution >= 4 is 5.78 Å². The molecule has 0 unspecified atom stereocenters. The average Bonchev–Trinajstić information content (AvgIpc) is 2.13. The molecule has 1 aliphatic rings. The largest absolute Gasteiger partial charge is 0.295 e. The second-order valence-electron chi connectivity index (χ2n) is 3.19. The van der Waals surface area contributed by atoms with Crippen molar-refractivity contribution in [1.82, 2.24) is 0 Å². The number of allylic oxidation sites excluding steroid dienone is 3. The SMILES string of the molecule is C=C(C)[C@@H]1CC=CC(=O)CC1. The van der Waals surface area contributed by atoms with E-state index < -0.39 is 0 Å². The van der Waals surface area contributed by atoms with Crippen molar-refractivity contribution in [2.24, 2.45) is 5.92 Å². The molecule has 11 heavy (non-hydrogen) atoms. The molecule has 1 nitrogen and oxygen atoms in total. The maximum Gasteiger partial charge on any atom is 0.155 e. The predicted molar refractivity (Wildman–Crippen MR) is 46.3 cm³/mol. The highest BCUT2D eigenvalue weighted by atomic mass is 16.1. The molecule has 1 heteroatoms. The van der Waals surface area contributed by atoms with Crippen LogP contribution in [0.1, 0.15) is 26.2 Å². The van der Waals surface area contributed by atoms with Gasteiger partial charge in [0.25, 0.3) is 0 Å². The molecule has 0 spiro atoms. The fourth-order valence-electron chi connectivity index (χ4n) is 1.33. The van der Waals surface area contributed by atoms with Crippen LogP contribution in [0.5, 0.6) is 0 Å². The summed E-state index contributed by atoms with van der Waals surface area (Å²) in [6.07, 6.45) is 6.31. The van der Waals surface area contributed by atoms with Crippen molar-refractivity contribution in [3.8, 4) is 0 Å². The summed E-state index contributed by atoms with van der Waals surface area (Å²) >= 11 is 0. The van der Waals surface area contributed by atoms with Gasteiger partial charge < -0.3 is 0 Å². The Balaban J connectivity index is 2.56. The third kappa shape index (κ3) is 2.34. The Morgan fingerprint density at radius 3 is 3.09 bits per heavy atom. The van der Waals surface area contributed by atoms with E-state index in [4.69, 9.17) is 0 Å². The third-order valence-corrected chi connectivity index (χ3v) is 2.16. The first-order valence-electron chi connectivity index (χ1n) is 4.05. The van der Waals surface area contributed by atoms with E-state index in [9.17, 15) is 4.79 Å². The fraction of sp³-hybridized carbons (Fsp3) is 0.500. The molecule has 0 aromatic rings. The number of hydrogen-bond acceptors (Lipinski definition) is 1. The summed E-state index contributed by atoms with van der Waals surface area (Å²) in [5.41, 5.74) is 1.20. The normalized spacial score (nSPS) is 24.8. The third-order valence-electron chi connectivity index (χ3n) is 2.16. The molecule has 0 amide bonds. The summed E-state index contributed by atoms with van der Waals surface area (Å²) in [4.78, 5) is 10.9. The van der Waals surface area contributed by atoms with Gasteiger partial charge in [-0.2, -0.15) is 0 Å². The van der Waals surface area contributed by atoms with Crippen molar-refractivity contribution in [2.75, 3.05) is 0 Å². The lowest BCUT2D eigenvalue weighted by molar-refractivity contribution is -0.114. The van der Waals surface area contributed by atoms with Crippen LogP contribution in [-0.4, -0.2) is 5.78 Å². The second-order valence-corrected chi connectivity index (χ2v) is 3.19. The zero-order chi connectivity index (χ0) is 8.27. The number of carbonyl (C=O) groups excluding carboxylic acids is 1. The van der Waals surface area contributed by atoms with E-state index >= 15 is 0 Å². The van der Waals surface area contributed by atoms with Gasteiger partial charge in [0.1, 0.15) is 0 Å². The number of carbonyl (C=O) groups is 1. The van der Waals surface area contributed by atoms with Crippen LogP contribution in [0.25, 0.3) is 0 Å². The molecule has 0 aromatic heterocycles. The second kappa shape index (κ2) is 3.51. The monoisotopic (exact) mass is 150 g/mol. The molecule has 60 valence electrons. The van der Waals surface area contributed by atoms with Gasteiger partial charge in [-0.05, 0) is 31.8 Å². The van der Waals surface area contributed by atoms with Gasteiger partial charge in [-0.1, -0.05) is 18.2 Å². The van der Waals surface area contributed by atoms with E-state index in [0.717, 1.165) is 12.8 Å². The van der Waals surface area contributed by atoms with E-state index in [1.807, 2.05) is 13.0 Å². The molecule has 1 atom stereocenters. The summed E-state index contributed by atoms with van der Waals surface area (Å²) < 4.78 is 0. The van der Waals surface area contributed by atoms with Crippen LogP contribution in [0.15, 0.2) is 24.3 Å². The Hall–Kier alpha value is -0.850. The zero-order valence-electron chi connectivity index (χ0n) is 6.97. The molecular formula is C10H14O. The fourth-order valence-corrected chi connectivity index (χ4v) is 1.33. The minimum absolute atomic E-state index is 0.258. The highest BCUT2D eigenvalue weighted by molar-refractivity contribution is 5.89. The molecule has 0 heterocycles. The first kappa shape index (κ1) is 8.25. The summed E-state index contributed by atoms with van der Waals surface area (Å²) in [6.45, 7) is 5.94. The minimum Gasteiger partial charge on any atom is -0.295 e. The molecule has 0 radical (unpaired) electrons. The number of rotatable bonds is 1. The Kier molecular flexibility index (Phi) is 2.64. The standard InChI is InChI=1S/C10H14O/c1-8(2)9-4-3-5-10(11)7-6-9/h3,5,9H,1,4,6-7H2,2H3/t9-/m1/s1. The Labute approximate surface area is 67.8 Å². The van der Waals surface area contributed by atoms with Crippen molar-refractivity contribution in [3.63, 3.8) is 0 Å². The molecular weight excluding hydrogens is 136 g/mol. The number of ketones is 1. The van der Waals surface area contributed by atoms with E-state index in [2.05, 4.69) is 6.58 Å². The first-order valence-corrected chi connectivity index (χ1v) is 4.05. The lowest BCUT2D eigenvalue weighted by atomic mass is 9.94. The summed E-state index contributed by atoms with van der Waals surface area (Å²) in [5.74, 6) is 0.784. The van der Waals surface area contributed by atoms with Gasteiger partial charge in [-0.3, -0.25) is 4.79 Å². The van der Waals surface area contributed by atoms with E-state index in [1.165, 1.54) is 5.57 Å². The van der Waals surface area contributed by atoms with Gasteiger partial charge in [-0.25, -0.2) is 0 Å². The molecule has 0 N–H and O–H groups in total. The topological polar surface area (TPSA) is 17.1 Å². The van der Waals surface area contributed by atoms with Crippen molar-refractivity contribution in [1.29, 1.82) is 0 Å². The van der Waals surface area contributed by atoms with E-state index in [1.54, 1.807) is 6.08 Å². The maximum absolute atomic E-state index is 10.9. The highest BCUT2D eigenvalue weighted by Crippen LogP contribution is 2.22. The first-order chi connectivity index (χ1) is 5.20. The summed E-state index contributed by atoms with van der Waals surface area (Å²) in [7, 11) is 0. The van der Waals surface area contributed by atoms with Gasteiger partial charge in [-0.15, -0.1) is 0 Å². The maximum atomic E-state index is 10.9. The van der Waals surface area contributed by atoms with Gasteiger partial charge in [0.2, 0.25) is 0 Å². The van der Waals surface area contributed by atoms with Crippen molar-refractivity contribution in [2.45, 2.75) is 26.2 Å². The average molecular weight is 150 g/mol. The molecule has 1 aliphatic carbocycles. The van der Waals surface area contributed by atoms with E-state index in [-0.39, 0.29) is 5.78 Å². The summed E-state index contributed by atoms with van der Waals surface area (Å²) in [5, 5.41) is 0. The van der Waals surface area contributed by atoms with Crippen LogP contribution in [-0.2, 0) is 4.79 Å². The molecule has 1 rings (SSSR count). The lowest BCUT2D eigenvalue weighted by Gasteiger charge is -2.11.